The molecule has 90 valence electrons. The summed E-state index contributed by atoms with van der Waals surface area (Å²) in [5.41, 5.74) is 0. The molecule has 5 nitrogen and oxygen atoms in total. The van der Waals surface area contributed by atoms with Gasteiger partial charge in [0.05, 0.1) is 12.7 Å². The van der Waals surface area contributed by atoms with E-state index >= 15 is 0 Å². The van der Waals surface area contributed by atoms with Crippen LogP contribution in [-0.2, 0) is 16.1 Å². The van der Waals surface area contributed by atoms with Crippen molar-refractivity contribution >= 4 is 0 Å². The SMILES string of the molecule is CC[C@@H](C)OCc1nc([C@@H]2CCOC2)no1. The maximum absolute atomic E-state index is 5.53. The molecule has 1 saturated heterocycles. The molecule has 5 heteroatoms. The van der Waals surface area contributed by atoms with E-state index in [0.29, 0.717) is 25.0 Å². The fraction of sp³-hybridized carbons (Fsp3) is 0.818. The van der Waals surface area contributed by atoms with Gasteiger partial charge < -0.3 is 14.0 Å². The molecule has 0 saturated carbocycles. The zero-order chi connectivity index (χ0) is 11.4. The Morgan fingerprint density at radius 1 is 1.56 bits per heavy atom. The van der Waals surface area contributed by atoms with Crippen molar-refractivity contribution < 1.29 is 14.0 Å². The molecule has 2 heterocycles. The predicted molar refractivity (Wildman–Crippen MR) is 57.0 cm³/mol. The lowest BCUT2D eigenvalue weighted by molar-refractivity contribution is 0.0352. The Balaban J connectivity index is 1.86. The van der Waals surface area contributed by atoms with Crippen LogP contribution in [0, 0.1) is 0 Å². The van der Waals surface area contributed by atoms with Crippen molar-refractivity contribution in [1.82, 2.24) is 10.1 Å². The molecule has 0 radical (unpaired) electrons. The molecule has 1 aromatic heterocycles. The van der Waals surface area contributed by atoms with Gasteiger partial charge in [-0.1, -0.05) is 12.1 Å². The zero-order valence-electron chi connectivity index (χ0n) is 9.81. The van der Waals surface area contributed by atoms with Crippen molar-refractivity contribution in [1.29, 1.82) is 0 Å². The Labute approximate surface area is 95.1 Å². The zero-order valence-corrected chi connectivity index (χ0v) is 9.81. The molecular formula is C11H18N2O3. The van der Waals surface area contributed by atoms with Gasteiger partial charge >= 0.3 is 0 Å². The topological polar surface area (TPSA) is 57.4 Å². The largest absolute Gasteiger partial charge is 0.381 e. The molecule has 0 aromatic carbocycles. The van der Waals surface area contributed by atoms with Crippen LogP contribution in [-0.4, -0.2) is 29.5 Å². The predicted octanol–water partition coefficient (Wildman–Crippen LogP) is 1.89. The summed E-state index contributed by atoms with van der Waals surface area (Å²) in [5, 5.41) is 3.96. The summed E-state index contributed by atoms with van der Waals surface area (Å²) in [6.07, 6.45) is 2.19. The highest BCUT2D eigenvalue weighted by Gasteiger charge is 2.23. The Bertz CT molecular complexity index is 321. The minimum Gasteiger partial charge on any atom is -0.381 e. The normalized spacial score (nSPS) is 22.5. The van der Waals surface area contributed by atoms with E-state index in [1.807, 2.05) is 6.92 Å². The lowest BCUT2D eigenvalue weighted by Gasteiger charge is -2.06. The highest BCUT2D eigenvalue weighted by atomic mass is 16.5. The molecule has 0 N–H and O–H groups in total. The van der Waals surface area contributed by atoms with Gasteiger partial charge in [0.25, 0.3) is 5.89 Å². The molecule has 0 aliphatic carbocycles. The Morgan fingerprint density at radius 3 is 3.12 bits per heavy atom. The quantitative estimate of drug-likeness (QED) is 0.767. The molecule has 0 amide bonds. The van der Waals surface area contributed by atoms with Crippen LogP contribution in [0.25, 0.3) is 0 Å². The van der Waals surface area contributed by atoms with E-state index in [1.54, 1.807) is 0 Å². The van der Waals surface area contributed by atoms with E-state index in [0.717, 1.165) is 25.3 Å². The third-order valence-corrected chi connectivity index (χ3v) is 2.84. The van der Waals surface area contributed by atoms with Crippen LogP contribution < -0.4 is 0 Å². The van der Waals surface area contributed by atoms with Gasteiger partial charge in [-0.3, -0.25) is 0 Å². The van der Waals surface area contributed by atoms with E-state index < -0.39 is 0 Å². The van der Waals surface area contributed by atoms with E-state index in [9.17, 15) is 0 Å². The monoisotopic (exact) mass is 226 g/mol. The van der Waals surface area contributed by atoms with Crippen LogP contribution in [0.4, 0.5) is 0 Å². The number of nitrogens with zero attached hydrogens (tertiary/aromatic N) is 2. The first-order chi connectivity index (χ1) is 7.79. The van der Waals surface area contributed by atoms with Gasteiger partial charge in [0, 0.05) is 12.5 Å². The molecule has 0 bridgehead atoms. The Morgan fingerprint density at radius 2 is 2.44 bits per heavy atom. The molecule has 16 heavy (non-hydrogen) atoms. The molecule has 0 spiro atoms. The standard InChI is InChI=1S/C11H18N2O3/c1-3-8(2)15-7-10-12-11(13-16-10)9-4-5-14-6-9/h8-9H,3-7H2,1-2H3/t8-,9-/m1/s1. The molecule has 1 aliphatic rings. The third-order valence-electron chi connectivity index (χ3n) is 2.84. The molecule has 1 fully saturated rings. The average Bonchev–Trinajstić information content (AvgIpc) is 2.95. The third kappa shape index (κ3) is 2.80. The van der Waals surface area contributed by atoms with Crippen LogP contribution >= 0.6 is 0 Å². The van der Waals surface area contributed by atoms with Crippen LogP contribution in [0.1, 0.15) is 44.3 Å². The second-order valence-electron chi connectivity index (χ2n) is 4.14. The Hall–Kier alpha value is -0.940. The van der Waals surface area contributed by atoms with Crippen LogP contribution in [0.5, 0.6) is 0 Å². The summed E-state index contributed by atoms with van der Waals surface area (Å²) in [6.45, 7) is 6.00. The van der Waals surface area contributed by atoms with Crippen molar-refractivity contribution in [3.8, 4) is 0 Å². The lowest BCUT2D eigenvalue weighted by Crippen LogP contribution is -2.06. The summed E-state index contributed by atoms with van der Waals surface area (Å²) in [4.78, 5) is 4.32. The lowest BCUT2D eigenvalue weighted by atomic mass is 10.1. The van der Waals surface area contributed by atoms with Gasteiger partial charge in [0.15, 0.2) is 5.82 Å². The van der Waals surface area contributed by atoms with Gasteiger partial charge in [0.2, 0.25) is 0 Å². The summed E-state index contributed by atoms with van der Waals surface area (Å²) < 4.78 is 15.9. The van der Waals surface area contributed by atoms with Gasteiger partial charge in [-0.15, -0.1) is 0 Å². The molecule has 2 rings (SSSR count). The van der Waals surface area contributed by atoms with Crippen molar-refractivity contribution in [2.45, 2.75) is 45.3 Å². The van der Waals surface area contributed by atoms with Crippen molar-refractivity contribution in [2.75, 3.05) is 13.2 Å². The number of rotatable bonds is 5. The van der Waals surface area contributed by atoms with Gasteiger partial charge in [-0.25, -0.2) is 0 Å². The smallest absolute Gasteiger partial charge is 0.252 e. The maximum atomic E-state index is 5.53. The number of hydrogen-bond acceptors (Lipinski definition) is 5. The van der Waals surface area contributed by atoms with Crippen molar-refractivity contribution in [3.05, 3.63) is 11.7 Å². The van der Waals surface area contributed by atoms with Gasteiger partial charge in [-0.2, -0.15) is 4.98 Å². The molecule has 1 aliphatic heterocycles. The van der Waals surface area contributed by atoms with Crippen LogP contribution in [0.3, 0.4) is 0 Å². The highest BCUT2D eigenvalue weighted by molar-refractivity contribution is 4.96. The number of aromatic nitrogens is 2. The maximum Gasteiger partial charge on any atom is 0.252 e. The van der Waals surface area contributed by atoms with Crippen molar-refractivity contribution in [2.24, 2.45) is 0 Å². The number of ether oxygens (including phenoxy) is 2. The van der Waals surface area contributed by atoms with E-state index in [1.165, 1.54) is 0 Å². The summed E-state index contributed by atoms with van der Waals surface area (Å²) in [5.74, 6) is 1.60. The minimum absolute atomic E-state index is 0.227. The summed E-state index contributed by atoms with van der Waals surface area (Å²) in [6, 6.07) is 0. The highest BCUT2D eigenvalue weighted by Crippen LogP contribution is 2.22. The first kappa shape index (κ1) is 11.5. The fourth-order valence-corrected chi connectivity index (χ4v) is 1.56. The van der Waals surface area contributed by atoms with Crippen LogP contribution in [0.15, 0.2) is 4.52 Å². The van der Waals surface area contributed by atoms with E-state index in [4.69, 9.17) is 14.0 Å². The molecule has 0 unspecified atom stereocenters. The summed E-state index contributed by atoms with van der Waals surface area (Å²) in [7, 11) is 0. The van der Waals surface area contributed by atoms with Crippen LogP contribution in [0.2, 0.25) is 0 Å². The average molecular weight is 226 g/mol. The van der Waals surface area contributed by atoms with Crippen molar-refractivity contribution in [3.63, 3.8) is 0 Å². The van der Waals surface area contributed by atoms with E-state index in [2.05, 4.69) is 17.1 Å². The van der Waals surface area contributed by atoms with Gasteiger partial charge in [-0.05, 0) is 19.8 Å². The Kier molecular flexibility index (Phi) is 3.90. The summed E-state index contributed by atoms with van der Waals surface area (Å²) >= 11 is 0. The molecule has 2 atom stereocenters. The van der Waals surface area contributed by atoms with Gasteiger partial charge in [0.1, 0.15) is 6.61 Å². The molecular weight excluding hydrogens is 208 g/mol. The first-order valence-electron chi connectivity index (χ1n) is 5.81. The fourth-order valence-electron chi connectivity index (χ4n) is 1.56. The first-order valence-corrected chi connectivity index (χ1v) is 5.81. The second kappa shape index (κ2) is 5.41. The molecule has 1 aromatic rings. The second-order valence-corrected chi connectivity index (χ2v) is 4.14. The van der Waals surface area contributed by atoms with E-state index in [-0.39, 0.29) is 6.10 Å². The number of hydrogen-bond donors (Lipinski definition) is 0. The minimum atomic E-state index is 0.227.